The summed E-state index contributed by atoms with van der Waals surface area (Å²) in [4.78, 5) is 14.7. The minimum atomic E-state index is 0.0829. The summed E-state index contributed by atoms with van der Waals surface area (Å²) in [5.74, 6) is 0.612. The van der Waals surface area contributed by atoms with Gasteiger partial charge in [-0.25, -0.2) is 0 Å². The fourth-order valence-electron chi connectivity index (χ4n) is 2.12. The van der Waals surface area contributed by atoms with E-state index in [2.05, 4.69) is 41.2 Å². The summed E-state index contributed by atoms with van der Waals surface area (Å²) in [6.07, 6.45) is 4.83. The predicted molar refractivity (Wildman–Crippen MR) is 80.8 cm³/mol. The molecule has 1 N–H and O–H groups in total. The van der Waals surface area contributed by atoms with Gasteiger partial charge in [-0.2, -0.15) is 0 Å². The highest BCUT2D eigenvalue weighted by Gasteiger charge is 2.18. The molecule has 1 amide bonds. The second-order valence-corrected chi connectivity index (χ2v) is 7.55. The van der Waals surface area contributed by atoms with Gasteiger partial charge in [0.25, 0.3) is 5.91 Å². The Bertz CT molecular complexity index is 404. The van der Waals surface area contributed by atoms with E-state index in [-0.39, 0.29) is 5.91 Å². The molecule has 0 bridgehead atoms. The Kier molecular flexibility index (Phi) is 4.84. The molecule has 0 saturated heterocycles. The summed E-state index contributed by atoms with van der Waals surface area (Å²) < 4.78 is 0. The van der Waals surface area contributed by atoms with E-state index in [1.165, 1.54) is 23.3 Å². The zero-order valence-corrected chi connectivity index (χ0v) is 13.4. The van der Waals surface area contributed by atoms with Gasteiger partial charge in [0.1, 0.15) is 0 Å². The lowest BCUT2D eigenvalue weighted by Gasteiger charge is -2.13. The number of alkyl halides is 1. The topological polar surface area (TPSA) is 29.1 Å². The standard InChI is InChI=1S/C14H20BrNOS/c1-9(2)11(15)8-16-14(17)13-7-10-5-3-4-6-12(10)18-13/h7,9,11H,3-6,8H2,1-2H3,(H,16,17). The second kappa shape index (κ2) is 6.20. The van der Waals surface area contributed by atoms with Crippen LogP contribution < -0.4 is 5.32 Å². The minimum Gasteiger partial charge on any atom is -0.350 e. The van der Waals surface area contributed by atoms with E-state index in [1.54, 1.807) is 11.3 Å². The SMILES string of the molecule is CC(C)C(Br)CNC(=O)c1cc2c(s1)CCCC2. The van der Waals surface area contributed by atoms with E-state index in [0.717, 1.165) is 17.7 Å². The molecule has 1 aliphatic carbocycles. The number of hydrogen-bond donors (Lipinski definition) is 1. The molecule has 0 radical (unpaired) electrons. The van der Waals surface area contributed by atoms with Gasteiger partial charge >= 0.3 is 0 Å². The van der Waals surface area contributed by atoms with Crippen molar-refractivity contribution in [1.82, 2.24) is 5.32 Å². The van der Waals surface area contributed by atoms with Crippen LogP contribution in [-0.4, -0.2) is 17.3 Å². The molecule has 18 heavy (non-hydrogen) atoms. The van der Waals surface area contributed by atoms with Crippen LogP contribution in [0.5, 0.6) is 0 Å². The summed E-state index contributed by atoms with van der Waals surface area (Å²) in [7, 11) is 0. The highest BCUT2D eigenvalue weighted by atomic mass is 79.9. The molecule has 1 aromatic rings. The van der Waals surface area contributed by atoms with Crippen molar-refractivity contribution in [2.24, 2.45) is 5.92 Å². The summed E-state index contributed by atoms with van der Waals surface area (Å²) in [6, 6.07) is 2.09. The number of nitrogens with one attached hydrogen (secondary N) is 1. The number of carbonyl (C=O) groups excluding carboxylic acids is 1. The fraction of sp³-hybridized carbons (Fsp3) is 0.643. The first kappa shape index (κ1) is 14.1. The van der Waals surface area contributed by atoms with Crippen molar-refractivity contribution in [2.75, 3.05) is 6.54 Å². The number of thiophene rings is 1. The Labute approximate surface area is 121 Å². The van der Waals surface area contributed by atoms with Gasteiger partial charge in [-0.1, -0.05) is 29.8 Å². The van der Waals surface area contributed by atoms with Crippen LogP contribution >= 0.6 is 27.3 Å². The van der Waals surface area contributed by atoms with Crippen molar-refractivity contribution >= 4 is 33.2 Å². The molecule has 2 nitrogen and oxygen atoms in total. The molecule has 1 aromatic heterocycles. The highest BCUT2D eigenvalue weighted by Crippen LogP contribution is 2.29. The summed E-state index contributed by atoms with van der Waals surface area (Å²) in [6.45, 7) is 4.99. The molecule has 1 unspecified atom stereocenters. The van der Waals surface area contributed by atoms with E-state index in [1.807, 2.05) is 0 Å². The van der Waals surface area contributed by atoms with Crippen LogP contribution in [0.15, 0.2) is 6.07 Å². The number of hydrogen-bond acceptors (Lipinski definition) is 2. The number of rotatable bonds is 4. The Balaban J connectivity index is 1.95. The van der Waals surface area contributed by atoms with Crippen LogP contribution in [0.25, 0.3) is 0 Å². The lowest BCUT2D eigenvalue weighted by Crippen LogP contribution is -2.31. The molecule has 2 rings (SSSR count). The van der Waals surface area contributed by atoms with Crippen molar-refractivity contribution in [1.29, 1.82) is 0 Å². The second-order valence-electron chi connectivity index (χ2n) is 5.24. The third kappa shape index (κ3) is 3.35. The number of halogens is 1. The van der Waals surface area contributed by atoms with Crippen molar-refractivity contribution in [3.05, 3.63) is 21.4 Å². The molecule has 0 aliphatic heterocycles. The molecule has 1 heterocycles. The van der Waals surface area contributed by atoms with E-state index < -0.39 is 0 Å². The fourth-order valence-corrected chi connectivity index (χ4v) is 3.45. The van der Waals surface area contributed by atoms with Gasteiger partial charge in [-0.3, -0.25) is 4.79 Å². The molecular formula is C14H20BrNOS. The van der Waals surface area contributed by atoms with Crippen LogP contribution in [0.2, 0.25) is 0 Å². The van der Waals surface area contributed by atoms with Crippen LogP contribution in [0.1, 0.15) is 46.8 Å². The maximum Gasteiger partial charge on any atom is 0.261 e. The maximum absolute atomic E-state index is 12.1. The highest BCUT2D eigenvalue weighted by molar-refractivity contribution is 9.09. The van der Waals surface area contributed by atoms with Crippen molar-refractivity contribution in [3.8, 4) is 0 Å². The third-order valence-electron chi connectivity index (χ3n) is 3.40. The average Bonchev–Trinajstić information content (AvgIpc) is 2.79. The first-order valence-corrected chi connectivity index (χ1v) is 8.35. The molecule has 0 fully saturated rings. The predicted octanol–water partition coefficient (Wildman–Crippen LogP) is 3.78. The number of carbonyl (C=O) groups is 1. The molecular weight excluding hydrogens is 310 g/mol. The summed E-state index contributed by atoms with van der Waals surface area (Å²) in [5, 5.41) is 3.01. The van der Waals surface area contributed by atoms with Crippen molar-refractivity contribution < 1.29 is 4.79 Å². The molecule has 100 valence electrons. The van der Waals surface area contributed by atoms with E-state index >= 15 is 0 Å². The molecule has 0 spiro atoms. The molecule has 1 atom stereocenters. The summed E-state index contributed by atoms with van der Waals surface area (Å²) in [5.41, 5.74) is 1.40. The monoisotopic (exact) mass is 329 g/mol. The molecule has 1 aliphatic rings. The number of fused-ring (bicyclic) bond motifs is 1. The number of amides is 1. The van der Waals surface area contributed by atoms with Gasteiger partial charge in [0.15, 0.2) is 0 Å². The molecule has 0 saturated carbocycles. The van der Waals surface area contributed by atoms with Gasteiger partial charge in [0, 0.05) is 16.2 Å². The van der Waals surface area contributed by atoms with Gasteiger partial charge in [-0.05, 0) is 43.2 Å². The third-order valence-corrected chi connectivity index (χ3v) is 6.02. The van der Waals surface area contributed by atoms with Crippen molar-refractivity contribution in [3.63, 3.8) is 0 Å². The van der Waals surface area contributed by atoms with Crippen LogP contribution in [0.3, 0.4) is 0 Å². The largest absolute Gasteiger partial charge is 0.350 e. The van der Waals surface area contributed by atoms with Gasteiger partial charge in [0.2, 0.25) is 0 Å². The Hall–Kier alpha value is -0.350. The first-order chi connectivity index (χ1) is 8.58. The smallest absolute Gasteiger partial charge is 0.261 e. The maximum atomic E-state index is 12.1. The van der Waals surface area contributed by atoms with E-state index in [0.29, 0.717) is 17.3 Å². The zero-order chi connectivity index (χ0) is 13.1. The van der Waals surface area contributed by atoms with E-state index in [9.17, 15) is 4.79 Å². The minimum absolute atomic E-state index is 0.0829. The van der Waals surface area contributed by atoms with Gasteiger partial charge < -0.3 is 5.32 Å². The van der Waals surface area contributed by atoms with Crippen LogP contribution in [-0.2, 0) is 12.8 Å². The number of aryl methyl sites for hydroxylation is 2. The normalized spacial score (nSPS) is 16.4. The van der Waals surface area contributed by atoms with Crippen LogP contribution in [0.4, 0.5) is 0 Å². The van der Waals surface area contributed by atoms with Crippen molar-refractivity contribution in [2.45, 2.75) is 44.4 Å². The lowest BCUT2D eigenvalue weighted by atomic mass is 9.99. The quantitative estimate of drug-likeness (QED) is 0.837. The van der Waals surface area contributed by atoms with Gasteiger partial charge in [-0.15, -0.1) is 11.3 Å². The molecule has 4 heteroatoms. The average molecular weight is 330 g/mol. The van der Waals surface area contributed by atoms with Crippen LogP contribution in [0, 0.1) is 5.92 Å². The Morgan fingerprint density at radius 1 is 1.44 bits per heavy atom. The first-order valence-electron chi connectivity index (χ1n) is 6.61. The van der Waals surface area contributed by atoms with E-state index in [4.69, 9.17) is 0 Å². The Morgan fingerprint density at radius 3 is 2.83 bits per heavy atom. The molecule has 0 aromatic carbocycles. The van der Waals surface area contributed by atoms with Gasteiger partial charge in [0.05, 0.1) is 4.88 Å². The zero-order valence-electron chi connectivity index (χ0n) is 11.0. The summed E-state index contributed by atoms with van der Waals surface area (Å²) >= 11 is 5.27. The lowest BCUT2D eigenvalue weighted by molar-refractivity contribution is 0.0957. The Morgan fingerprint density at radius 2 is 2.17 bits per heavy atom.